The van der Waals surface area contributed by atoms with Gasteiger partial charge in [-0.1, -0.05) is 6.07 Å². The smallest absolute Gasteiger partial charge is 0.234 e. The van der Waals surface area contributed by atoms with Gasteiger partial charge in [-0.15, -0.1) is 0 Å². The van der Waals surface area contributed by atoms with Crippen molar-refractivity contribution in [1.29, 1.82) is 0 Å². The van der Waals surface area contributed by atoms with Crippen LogP contribution < -0.4 is 14.8 Å². The summed E-state index contributed by atoms with van der Waals surface area (Å²) in [6.45, 7) is 1.45. The lowest BCUT2D eigenvalue weighted by Gasteiger charge is -2.25. The largest absolute Gasteiger partial charge is 0.493 e. The molecule has 1 aromatic rings. The minimum atomic E-state index is 0.148. The van der Waals surface area contributed by atoms with Gasteiger partial charge in [-0.05, 0) is 49.9 Å². The zero-order valence-electron chi connectivity index (χ0n) is 13.3. The van der Waals surface area contributed by atoms with Gasteiger partial charge in [0.15, 0.2) is 11.5 Å². The fourth-order valence-electron chi connectivity index (χ4n) is 3.14. The number of nitrogens with zero attached hydrogens (tertiary/aromatic N) is 1. The number of nitrogens with one attached hydrogen (secondary N) is 1. The third-order valence-corrected chi connectivity index (χ3v) is 4.45. The van der Waals surface area contributed by atoms with Crippen LogP contribution in [0.25, 0.3) is 0 Å². The fraction of sp³-hybridized carbons (Fsp3) is 0.588. The number of amides is 1. The minimum absolute atomic E-state index is 0.148. The van der Waals surface area contributed by atoms with Gasteiger partial charge in [0, 0.05) is 12.1 Å². The molecule has 1 unspecified atom stereocenters. The van der Waals surface area contributed by atoms with E-state index in [4.69, 9.17) is 9.47 Å². The number of hydrogen-bond donors (Lipinski definition) is 1. The average Bonchev–Trinajstić information content (AvgIpc) is 3.22. The van der Waals surface area contributed by atoms with Crippen LogP contribution in [0.2, 0.25) is 0 Å². The van der Waals surface area contributed by atoms with E-state index in [-0.39, 0.29) is 11.9 Å². The molecule has 5 nitrogen and oxygen atoms in total. The van der Waals surface area contributed by atoms with Gasteiger partial charge in [-0.2, -0.15) is 0 Å². The van der Waals surface area contributed by atoms with E-state index in [2.05, 4.69) is 16.3 Å². The lowest BCUT2D eigenvalue weighted by molar-refractivity contribution is -0.122. The van der Waals surface area contributed by atoms with E-state index >= 15 is 0 Å². The molecule has 1 heterocycles. The number of methoxy groups -OCH3 is 2. The van der Waals surface area contributed by atoms with Crippen molar-refractivity contribution in [1.82, 2.24) is 10.2 Å². The summed E-state index contributed by atoms with van der Waals surface area (Å²) >= 11 is 0. The van der Waals surface area contributed by atoms with Gasteiger partial charge >= 0.3 is 0 Å². The molecule has 0 aromatic heterocycles. The summed E-state index contributed by atoms with van der Waals surface area (Å²) in [5.74, 6) is 1.63. The zero-order chi connectivity index (χ0) is 15.5. The quantitative estimate of drug-likeness (QED) is 0.874. The van der Waals surface area contributed by atoms with E-state index in [1.165, 1.54) is 5.56 Å². The number of ether oxygens (including phenoxy) is 2. The van der Waals surface area contributed by atoms with Crippen molar-refractivity contribution in [3.63, 3.8) is 0 Å². The molecular weight excluding hydrogens is 280 g/mol. The molecule has 2 fully saturated rings. The molecule has 1 amide bonds. The number of benzene rings is 1. The normalized spacial score (nSPS) is 21.6. The number of hydrogen-bond acceptors (Lipinski definition) is 4. The second kappa shape index (κ2) is 6.57. The first-order valence-corrected chi connectivity index (χ1v) is 7.96. The number of carbonyl (C=O) groups is 1. The maximum atomic E-state index is 12.1. The molecule has 120 valence electrons. The minimum Gasteiger partial charge on any atom is -0.493 e. The number of likely N-dealkylation sites (tertiary alicyclic amines) is 1. The standard InChI is InChI=1S/C17H24N2O3/c1-21-15-8-5-12(10-16(15)22-2)14-4-3-9-19(14)11-17(20)18-13-6-7-13/h5,8,10,13-14H,3-4,6-7,9,11H2,1-2H3,(H,18,20). The van der Waals surface area contributed by atoms with Gasteiger partial charge in [0.05, 0.1) is 20.8 Å². The highest BCUT2D eigenvalue weighted by atomic mass is 16.5. The molecule has 1 aromatic carbocycles. The van der Waals surface area contributed by atoms with Crippen LogP contribution in [-0.4, -0.2) is 44.2 Å². The van der Waals surface area contributed by atoms with E-state index in [1.807, 2.05) is 12.1 Å². The monoisotopic (exact) mass is 304 g/mol. The predicted molar refractivity (Wildman–Crippen MR) is 84.3 cm³/mol. The molecule has 2 aliphatic rings. The van der Waals surface area contributed by atoms with Gasteiger partial charge in [-0.25, -0.2) is 0 Å². The Labute approximate surface area is 131 Å². The summed E-state index contributed by atoms with van der Waals surface area (Å²) in [5.41, 5.74) is 1.19. The third kappa shape index (κ3) is 3.35. The molecular formula is C17H24N2O3. The van der Waals surface area contributed by atoms with Crippen LogP contribution in [-0.2, 0) is 4.79 Å². The Morgan fingerprint density at radius 3 is 2.68 bits per heavy atom. The summed E-state index contributed by atoms with van der Waals surface area (Å²) in [7, 11) is 3.29. The molecule has 5 heteroatoms. The third-order valence-electron chi connectivity index (χ3n) is 4.45. The summed E-state index contributed by atoms with van der Waals surface area (Å²) in [4.78, 5) is 14.3. The molecule has 3 rings (SSSR count). The van der Waals surface area contributed by atoms with Gasteiger partial charge < -0.3 is 14.8 Å². The Kier molecular flexibility index (Phi) is 4.52. The number of carbonyl (C=O) groups excluding carboxylic acids is 1. The molecule has 22 heavy (non-hydrogen) atoms. The second-order valence-corrected chi connectivity index (χ2v) is 6.08. The van der Waals surface area contributed by atoms with Crippen LogP contribution in [0.1, 0.15) is 37.3 Å². The van der Waals surface area contributed by atoms with Crippen molar-refractivity contribution in [2.24, 2.45) is 0 Å². The van der Waals surface area contributed by atoms with E-state index in [1.54, 1.807) is 14.2 Å². The topological polar surface area (TPSA) is 50.8 Å². The van der Waals surface area contributed by atoms with Crippen molar-refractivity contribution >= 4 is 5.91 Å². The van der Waals surface area contributed by atoms with Crippen molar-refractivity contribution in [3.05, 3.63) is 23.8 Å². The van der Waals surface area contributed by atoms with E-state index < -0.39 is 0 Å². The lowest BCUT2D eigenvalue weighted by Crippen LogP contribution is -2.37. The average molecular weight is 304 g/mol. The molecule has 1 saturated heterocycles. The predicted octanol–water partition coefficient (Wildman–Crippen LogP) is 2.12. The van der Waals surface area contributed by atoms with Crippen molar-refractivity contribution < 1.29 is 14.3 Å². The fourth-order valence-corrected chi connectivity index (χ4v) is 3.14. The van der Waals surface area contributed by atoms with Crippen LogP contribution >= 0.6 is 0 Å². The van der Waals surface area contributed by atoms with E-state index in [0.29, 0.717) is 12.6 Å². The Morgan fingerprint density at radius 2 is 2.00 bits per heavy atom. The Hall–Kier alpha value is -1.75. The molecule has 1 N–H and O–H groups in total. The van der Waals surface area contributed by atoms with Gasteiger partial charge in [-0.3, -0.25) is 9.69 Å². The van der Waals surface area contributed by atoms with Gasteiger partial charge in [0.1, 0.15) is 0 Å². The zero-order valence-corrected chi connectivity index (χ0v) is 13.3. The van der Waals surface area contributed by atoms with Crippen LogP contribution in [0.5, 0.6) is 11.5 Å². The van der Waals surface area contributed by atoms with Crippen molar-refractivity contribution in [2.45, 2.75) is 37.8 Å². The molecule has 0 spiro atoms. The summed E-state index contributed by atoms with van der Waals surface area (Å²) < 4.78 is 10.7. The molecule has 1 atom stereocenters. The summed E-state index contributed by atoms with van der Waals surface area (Å²) in [6, 6.07) is 6.75. The lowest BCUT2D eigenvalue weighted by atomic mass is 10.0. The Balaban J connectivity index is 1.70. The van der Waals surface area contributed by atoms with Gasteiger partial charge in [0.2, 0.25) is 5.91 Å². The maximum Gasteiger partial charge on any atom is 0.234 e. The first-order chi connectivity index (χ1) is 10.7. The first-order valence-electron chi connectivity index (χ1n) is 7.96. The summed E-state index contributed by atoms with van der Waals surface area (Å²) in [5, 5.41) is 3.07. The molecule has 0 bridgehead atoms. The molecule has 1 aliphatic heterocycles. The highest BCUT2D eigenvalue weighted by Crippen LogP contribution is 2.36. The molecule has 0 radical (unpaired) electrons. The van der Waals surface area contributed by atoms with E-state index in [0.717, 1.165) is 43.7 Å². The van der Waals surface area contributed by atoms with Crippen LogP contribution in [0.3, 0.4) is 0 Å². The summed E-state index contributed by atoms with van der Waals surface area (Å²) in [6.07, 6.45) is 4.46. The van der Waals surface area contributed by atoms with Crippen LogP contribution in [0.4, 0.5) is 0 Å². The Bertz CT molecular complexity index is 543. The highest BCUT2D eigenvalue weighted by molar-refractivity contribution is 5.78. The second-order valence-electron chi connectivity index (χ2n) is 6.08. The maximum absolute atomic E-state index is 12.1. The molecule has 1 saturated carbocycles. The van der Waals surface area contributed by atoms with Crippen molar-refractivity contribution in [2.75, 3.05) is 27.3 Å². The van der Waals surface area contributed by atoms with Gasteiger partial charge in [0.25, 0.3) is 0 Å². The number of rotatable bonds is 6. The van der Waals surface area contributed by atoms with E-state index in [9.17, 15) is 4.79 Å². The van der Waals surface area contributed by atoms with Crippen LogP contribution in [0, 0.1) is 0 Å². The van der Waals surface area contributed by atoms with Crippen molar-refractivity contribution in [3.8, 4) is 11.5 Å². The first kappa shape index (κ1) is 15.2. The SMILES string of the molecule is COc1ccc(C2CCCN2CC(=O)NC2CC2)cc1OC. The Morgan fingerprint density at radius 1 is 1.23 bits per heavy atom. The van der Waals surface area contributed by atoms with Crippen LogP contribution in [0.15, 0.2) is 18.2 Å². The molecule has 1 aliphatic carbocycles. The highest BCUT2D eigenvalue weighted by Gasteiger charge is 2.30.